The molecule has 0 aliphatic carbocycles. The number of carboxylic acid groups (broad SMARTS) is 1. The van der Waals surface area contributed by atoms with Crippen LogP contribution >= 0.6 is 12.4 Å². The molecule has 0 aromatic rings. The van der Waals surface area contributed by atoms with E-state index in [0.717, 1.165) is 13.0 Å². The number of carboxylic acids is 1. The molecule has 0 amide bonds. The van der Waals surface area contributed by atoms with Gasteiger partial charge in [0.25, 0.3) is 0 Å². The van der Waals surface area contributed by atoms with E-state index in [1.165, 1.54) is 0 Å². The van der Waals surface area contributed by atoms with Gasteiger partial charge in [-0.15, -0.1) is 12.4 Å². The predicted molar refractivity (Wildman–Crippen MR) is 51.1 cm³/mol. The number of hydrogen-bond donors (Lipinski definition) is 3. The molecule has 0 aromatic heterocycles. The van der Waals surface area contributed by atoms with E-state index in [-0.39, 0.29) is 30.8 Å². The van der Waals surface area contributed by atoms with E-state index < -0.39 is 5.97 Å². The van der Waals surface area contributed by atoms with E-state index in [2.05, 4.69) is 5.32 Å². The first-order valence-electron chi connectivity index (χ1n) is 4.30. The summed E-state index contributed by atoms with van der Waals surface area (Å²) in [6.45, 7) is 1.49. The number of piperidine rings is 1. The minimum atomic E-state index is -0.777. The van der Waals surface area contributed by atoms with Gasteiger partial charge in [0.1, 0.15) is 0 Å². The molecule has 0 radical (unpaired) electrons. The smallest absolute Gasteiger partial charge is 0.303 e. The normalized spacial score (nSPS) is 27.8. The first-order chi connectivity index (χ1) is 5.70. The van der Waals surface area contributed by atoms with E-state index >= 15 is 0 Å². The Bertz CT molecular complexity index is 165. The fourth-order valence-corrected chi connectivity index (χ4v) is 1.54. The van der Waals surface area contributed by atoms with Gasteiger partial charge in [0, 0.05) is 13.0 Å². The van der Waals surface area contributed by atoms with E-state index in [0.29, 0.717) is 13.0 Å². The second kappa shape index (κ2) is 6.18. The molecule has 1 aliphatic heterocycles. The molecule has 0 spiro atoms. The van der Waals surface area contributed by atoms with E-state index in [4.69, 9.17) is 5.11 Å². The summed E-state index contributed by atoms with van der Waals surface area (Å²) in [6.07, 6.45) is 1.28. The van der Waals surface area contributed by atoms with Crippen LogP contribution in [-0.2, 0) is 4.79 Å². The van der Waals surface area contributed by atoms with Crippen molar-refractivity contribution in [1.29, 1.82) is 0 Å². The van der Waals surface area contributed by atoms with Gasteiger partial charge >= 0.3 is 5.97 Å². The van der Waals surface area contributed by atoms with Crippen LogP contribution in [0.15, 0.2) is 0 Å². The van der Waals surface area contributed by atoms with E-state index in [1.54, 1.807) is 0 Å². The number of rotatable bonds is 3. The fraction of sp³-hybridized carbons (Fsp3) is 0.875. The molecule has 5 heteroatoms. The van der Waals surface area contributed by atoms with Crippen LogP contribution in [0.25, 0.3) is 0 Å². The van der Waals surface area contributed by atoms with Crippen LogP contribution in [0, 0.1) is 5.92 Å². The van der Waals surface area contributed by atoms with Crippen LogP contribution in [0.2, 0.25) is 0 Å². The third-order valence-corrected chi connectivity index (χ3v) is 2.32. The Hall–Kier alpha value is -0.320. The van der Waals surface area contributed by atoms with Crippen molar-refractivity contribution in [3.05, 3.63) is 0 Å². The van der Waals surface area contributed by atoms with Gasteiger partial charge in [-0.1, -0.05) is 0 Å². The lowest BCUT2D eigenvalue weighted by molar-refractivity contribution is -0.137. The zero-order chi connectivity index (χ0) is 8.97. The highest BCUT2D eigenvalue weighted by Crippen LogP contribution is 2.18. The topological polar surface area (TPSA) is 69.6 Å². The standard InChI is InChI=1S/C8H15NO3.ClH/c10-7-5-9-4-3-6(7)1-2-8(11)12;/h6-7,9-10H,1-5H2,(H,11,12);1H/t6-,7-;/m1./s1. The number of aliphatic hydroxyl groups excluding tert-OH is 1. The zero-order valence-electron chi connectivity index (χ0n) is 7.40. The number of halogens is 1. The molecule has 0 aromatic carbocycles. The second-order valence-corrected chi connectivity index (χ2v) is 3.25. The number of carbonyl (C=O) groups is 1. The highest BCUT2D eigenvalue weighted by molar-refractivity contribution is 5.85. The summed E-state index contributed by atoms with van der Waals surface area (Å²) in [7, 11) is 0. The van der Waals surface area contributed by atoms with Crippen molar-refractivity contribution in [2.75, 3.05) is 13.1 Å². The summed E-state index contributed by atoms with van der Waals surface area (Å²) in [5.41, 5.74) is 0. The van der Waals surface area contributed by atoms with Gasteiger partial charge in [0.15, 0.2) is 0 Å². The van der Waals surface area contributed by atoms with Crippen LogP contribution in [0.1, 0.15) is 19.3 Å². The lowest BCUT2D eigenvalue weighted by atomic mass is 9.91. The largest absolute Gasteiger partial charge is 0.481 e. The highest BCUT2D eigenvalue weighted by Gasteiger charge is 2.22. The van der Waals surface area contributed by atoms with Crippen molar-refractivity contribution >= 4 is 18.4 Å². The van der Waals surface area contributed by atoms with Crippen molar-refractivity contribution in [3.63, 3.8) is 0 Å². The van der Waals surface area contributed by atoms with Gasteiger partial charge in [-0.25, -0.2) is 0 Å². The molecule has 1 fully saturated rings. The fourth-order valence-electron chi connectivity index (χ4n) is 1.54. The molecule has 13 heavy (non-hydrogen) atoms. The maximum Gasteiger partial charge on any atom is 0.303 e. The van der Waals surface area contributed by atoms with E-state index in [1.807, 2.05) is 0 Å². The first kappa shape index (κ1) is 12.7. The average Bonchev–Trinajstić information content (AvgIpc) is 2.03. The molecule has 78 valence electrons. The monoisotopic (exact) mass is 209 g/mol. The van der Waals surface area contributed by atoms with Crippen LogP contribution in [-0.4, -0.2) is 35.4 Å². The van der Waals surface area contributed by atoms with Crippen LogP contribution in [0.4, 0.5) is 0 Å². The summed E-state index contributed by atoms with van der Waals surface area (Å²) in [5.74, 6) is -0.608. The first-order valence-corrected chi connectivity index (χ1v) is 4.30. The van der Waals surface area contributed by atoms with Crippen LogP contribution < -0.4 is 5.32 Å². The van der Waals surface area contributed by atoms with Gasteiger partial charge < -0.3 is 15.5 Å². The maximum absolute atomic E-state index is 10.3. The molecule has 0 bridgehead atoms. The van der Waals surface area contributed by atoms with Crippen molar-refractivity contribution in [2.45, 2.75) is 25.4 Å². The van der Waals surface area contributed by atoms with Crippen molar-refractivity contribution in [1.82, 2.24) is 5.32 Å². The number of hydrogen-bond acceptors (Lipinski definition) is 3. The molecular weight excluding hydrogens is 194 g/mol. The molecule has 1 rings (SSSR count). The molecule has 3 N–H and O–H groups in total. The lowest BCUT2D eigenvalue weighted by Gasteiger charge is -2.27. The highest BCUT2D eigenvalue weighted by atomic mass is 35.5. The van der Waals surface area contributed by atoms with Gasteiger partial charge in [-0.2, -0.15) is 0 Å². The summed E-state index contributed by atoms with van der Waals surface area (Å²) >= 11 is 0. The molecule has 1 saturated heterocycles. The third kappa shape index (κ3) is 4.45. The third-order valence-electron chi connectivity index (χ3n) is 2.32. The molecular formula is C8H16ClNO3. The summed E-state index contributed by atoms with van der Waals surface area (Å²) < 4.78 is 0. The summed E-state index contributed by atoms with van der Waals surface area (Å²) in [4.78, 5) is 10.3. The average molecular weight is 210 g/mol. The summed E-state index contributed by atoms with van der Waals surface area (Å²) in [6, 6.07) is 0. The number of aliphatic hydroxyl groups is 1. The van der Waals surface area contributed by atoms with Gasteiger partial charge in [0.2, 0.25) is 0 Å². The lowest BCUT2D eigenvalue weighted by Crippen LogP contribution is -2.40. The Labute approximate surface area is 83.7 Å². The molecule has 1 aliphatic rings. The SMILES string of the molecule is Cl.O=C(O)CC[C@@H]1CCNC[C@H]1O. The molecule has 2 atom stereocenters. The van der Waals surface area contributed by atoms with Crippen LogP contribution in [0.5, 0.6) is 0 Å². The Balaban J connectivity index is 0.00000144. The second-order valence-electron chi connectivity index (χ2n) is 3.25. The summed E-state index contributed by atoms with van der Waals surface area (Å²) in [5, 5.41) is 20.9. The van der Waals surface area contributed by atoms with Crippen molar-refractivity contribution in [3.8, 4) is 0 Å². The predicted octanol–water partition coefficient (Wildman–Crippen LogP) is 0.243. The Kier molecular flexibility index (Phi) is 6.03. The number of β-amino-alcohol motifs (C(OH)–C–C–N with tert-alkyl or cyclic N) is 1. The molecule has 4 nitrogen and oxygen atoms in total. The van der Waals surface area contributed by atoms with Gasteiger partial charge in [-0.3, -0.25) is 4.79 Å². The van der Waals surface area contributed by atoms with Crippen molar-refractivity contribution < 1.29 is 15.0 Å². The zero-order valence-corrected chi connectivity index (χ0v) is 8.22. The molecule has 0 saturated carbocycles. The Morgan fingerprint density at radius 1 is 1.54 bits per heavy atom. The maximum atomic E-state index is 10.3. The van der Waals surface area contributed by atoms with E-state index in [9.17, 15) is 9.90 Å². The van der Waals surface area contributed by atoms with Gasteiger partial charge in [0.05, 0.1) is 6.10 Å². The Morgan fingerprint density at radius 3 is 2.77 bits per heavy atom. The molecule has 0 unspecified atom stereocenters. The minimum absolute atomic E-state index is 0. The molecule has 1 heterocycles. The number of nitrogens with one attached hydrogen (secondary N) is 1. The van der Waals surface area contributed by atoms with Gasteiger partial charge in [-0.05, 0) is 25.3 Å². The number of aliphatic carboxylic acids is 1. The van der Waals surface area contributed by atoms with Crippen molar-refractivity contribution in [2.24, 2.45) is 5.92 Å². The Morgan fingerprint density at radius 2 is 2.23 bits per heavy atom. The minimum Gasteiger partial charge on any atom is -0.481 e. The quantitative estimate of drug-likeness (QED) is 0.623. The van der Waals surface area contributed by atoms with Crippen LogP contribution in [0.3, 0.4) is 0 Å².